The number of aromatic nitrogens is 2. The zero-order valence-electron chi connectivity index (χ0n) is 10.2. The molecule has 1 aromatic heterocycles. The van der Waals surface area contributed by atoms with E-state index in [0.717, 1.165) is 31.1 Å². The Morgan fingerprint density at radius 2 is 2.47 bits per heavy atom. The zero-order valence-corrected chi connectivity index (χ0v) is 10.2. The highest BCUT2D eigenvalue weighted by Gasteiger charge is 2.26. The van der Waals surface area contributed by atoms with Gasteiger partial charge in [-0.25, -0.2) is 4.98 Å². The summed E-state index contributed by atoms with van der Waals surface area (Å²) in [7, 11) is 0. The van der Waals surface area contributed by atoms with Gasteiger partial charge in [-0.15, -0.1) is 0 Å². The first-order chi connectivity index (χ1) is 8.22. The van der Waals surface area contributed by atoms with Gasteiger partial charge >= 0.3 is 0 Å². The lowest BCUT2D eigenvalue weighted by Gasteiger charge is -2.17. The fraction of sp³-hybridized carbons (Fsp3) is 0.667. The molecule has 1 fully saturated rings. The Kier molecular flexibility index (Phi) is 3.78. The second-order valence-corrected chi connectivity index (χ2v) is 4.70. The molecule has 17 heavy (non-hydrogen) atoms. The highest BCUT2D eigenvalue weighted by atomic mass is 16.1. The second-order valence-electron chi connectivity index (χ2n) is 4.70. The summed E-state index contributed by atoms with van der Waals surface area (Å²) in [5.74, 6) is 0.392. The maximum Gasteiger partial charge on any atom is 0.240 e. The van der Waals surface area contributed by atoms with Crippen LogP contribution in [0.15, 0.2) is 12.5 Å². The number of imidazole rings is 1. The van der Waals surface area contributed by atoms with Gasteiger partial charge in [-0.05, 0) is 31.7 Å². The van der Waals surface area contributed by atoms with Crippen molar-refractivity contribution in [3.63, 3.8) is 0 Å². The van der Waals surface area contributed by atoms with Crippen molar-refractivity contribution in [3.05, 3.63) is 18.2 Å². The van der Waals surface area contributed by atoms with Crippen LogP contribution in [-0.4, -0.2) is 22.0 Å². The van der Waals surface area contributed by atoms with Gasteiger partial charge in [0, 0.05) is 6.54 Å². The minimum absolute atomic E-state index is 0.330. The van der Waals surface area contributed by atoms with E-state index in [9.17, 15) is 4.79 Å². The van der Waals surface area contributed by atoms with Crippen molar-refractivity contribution in [2.24, 2.45) is 11.7 Å². The van der Waals surface area contributed by atoms with Crippen LogP contribution in [0.1, 0.15) is 37.9 Å². The van der Waals surface area contributed by atoms with Crippen molar-refractivity contribution in [2.75, 3.05) is 6.54 Å². The molecule has 0 radical (unpaired) electrons. The van der Waals surface area contributed by atoms with Crippen LogP contribution in [0.4, 0.5) is 0 Å². The number of hydrogen-bond donors (Lipinski definition) is 2. The number of rotatable bonds is 7. The Hall–Kier alpha value is -1.36. The lowest BCUT2D eigenvalue weighted by Crippen LogP contribution is -2.36. The van der Waals surface area contributed by atoms with Crippen LogP contribution in [0.3, 0.4) is 0 Å². The molecule has 1 aliphatic rings. The van der Waals surface area contributed by atoms with Crippen LogP contribution in [0.2, 0.25) is 0 Å². The molecule has 5 nitrogen and oxygen atoms in total. The molecule has 1 atom stereocenters. The lowest BCUT2D eigenvalue weighted by molar-refractivity contribution is -0.120. The molecule has 3 N–H and O–H groups in total. The summed E-state index contributed by atoms with van der Waals surface area (Å²) >= 11 is 0. The van der Waals surface area contributed by atoms with Gasteiger partial charge < -0.3 is 15.6 Å². The highest BCUT2D eigenvalue weighted by molar-refractivity contribution is 5.80. The standard InChI is InChI=1S/C12H20N4O/c1-2-5-16-8-14-7-10(16)11(12(13)17)15-6-9-3-4-9/h7-9,11,15H,2-6H2,1H3,(H2,13,17). The van der Waals surface area contributed by atoms with Gasteiger partial charge in [0.25, 0.3) is 0 Å². The van der Waals surface area contributed by atoms with Crippen LogP contribution in [0.25, 0.3) is 0 Å². The number of nitrogens with one attached hydrogen (secondary N) is 1. The van der Waals surface area contributed by atoms with Gasteiger partial charge in [-0.3, -0.25) is 4.79 Å². The number of carbonyl (C=O) groups excluding carboxylic acids is 1. The largest absolute Gasteiger partial charge is 0.368 e. The topological polar surface area (TPSA) is 72.9 Å². The van der Waals surface area contributed by atoms with E-state index in [4.69, 9.17) is 5.73 Å². The van der Waals surface area contributed by atoms with E-state index in [0.29, 0.717) is 0 Å². The van der Waals surface area contributed by atoms with Crippen LogP contribution in [0, 0.1) is 5.92 Å². The van der Waals surface area contributed by atoms with E-state index in [-0.39, 0.29) is 5.91 Å². The molecule has 0 bridgehead atoms. The molecule has 0 saturated heterocycles. The molecule has 0 spiro atoms. The molecule has 1 heterocycles. The van der Waals surface area contributed by atoms with Crippen molar-refractivity contribution < 1.29 is 4.79 Å². The van der Waals surface area contributed by atoms with Crippen LogP contribution in [0.5, 0.6) is 0 Å². The summed E-state index contributed by atoms with van der Waals surface area (Å²) in [6.07, 6.45) is 7.01. The highest BCUT2D eigenvalue weighted by Crippen LogP contribution is 2.28. The maximum absolute atomic E-state index is 11.5. The molecule has 2 rings (SSSR count). The van der Waals surface area contributed by atoms with Crippen LogP contribution >= 0.6 is 0 Å². The number of hydrogen-bond acceptors (Lipinski definition) is 3. The second kappa shape index (κ2) is 5.31. The van der Waals surface area contributed by atoms with E-state index in [1.165, 1.54) is 12.8 Å². The molecule has 1 aliphatic carbocycles. The molecule has 1 saturated carbocycles. The molecular formula is C12H20N4O. The molecule has 1 aromatic rings. The van der Waals surface area contributed by atoms with Gasteiger partial charge in [0.15, 0.2) is 0 Å². The fourth-order valence-electron chi connectivity index (χ4n) is 1.96. The van der Waals surface area contributed by atoms with Gasteiger partial charge in [0.1, 0.15) is 6.04 Å². The third-order valence-electron chi connectivity index (χ3n) is 3.10. The van der Waals surface area contributed by atoms with Gasteiger partial charge in [-0.2, -0.15) is 0 Å². The third-order valence-corrected chi connectivity index (χ3v) is 3.10. The Morgan fingerprint density at radius 1 is 1.71 bits per heavy atom. The average Bonchev–Trinajstić information content (AvgIpc) is 3.00. The summed E-state index contributed by atoms with van der Waals surface area (Å²) in [6, 6.07) is -0.412. The monoisotopic (exact) mass is 236 g/mol. The van der Waals surface area contributed by atoms with E-state index in [1.807, 2.05) is 4.57 Å². The first-order valence-corrected chi connectivity index (χ1v) is 6.25. The van der Waals surface area contributed by atoms with Gasteiger partial charge in [-0.1, -0.05) is 6.92 Å². The number of carbonyl (C=O) groups is 1. The quantitative estimate of drug-likeness (QED) is 0.736. The van der Waals surface area contributed by atoms with Crippen LogP contribution < -0.4 is 11.1 Å². The Labute approximate surface area is 101 Å². The number of primary amides is 1. The van der Waals surface area contributed by atoms with E-state index >= 15 is 0 Å². The summed E-state index contributed by atoms with van der Waals surface area (Å²) in [4.78, 5) is 15.6. The predicted octanol–water partition coefficient (Wildman–Crippen LogP) is 0.819. The van der Waals surface area contributed by atoms with Crippen LogP contribution in [-0.2, 0) is 11.3 Å². The van der Waals surface area contributed by atoms with Gasteiger partial charge in [0.2, 0.25) is 5.91 Å². The maximum atomic E-state index is 11.5. The first kappa shape index (κ1) is 12.1. The summed E-state index contributed by atoms with van der Waals surface area (Å²) in [5.41, 5.74) is 6.33. The Morgan fingerprint density at radius 3 is 3.06 bits per heavy atom. The summed E-state index contributed by atoms with van der Waals surface area (Å²) in [6.45, 7) is 3.83. The first-order valence-electron chi connectivity index (χ1n) is 6.25. The van der Waals surface area contributed by atoms with Gasteiger partial charge in [0.05, 0.1) is 18.2 Å². The van der Waals surface area contributed by atoms with Crippen molar-refractivity contribution in [2.45, 2.75) is 38.8 Å². The minimum Gasteiger partial charge on any atom is -0.368 e. The summed E-state index contributed by atoms with van der Waals surface area (Å²) < 4.78 is 2.00. The van der Waals surface area contributed by atoms with E-state index < -0.39 is 6.04 Å². The molecule has 5 heteroatoms. The molecule has 1 amide bonds. The predicted molar refractivity (Wildman–Crippen MR) is 65.2 cm³/mol. The SMILES string of the molecule is CCCn1cncc1C(NCC1CC1)C(N)=O. The van der Waals surface area contributed by atoms with E-state index in [2.05, 4.69) is 17.2 Å². The molecule has 0 aromatic carbocycles. The van der Waals surface area contributed by atoms with Crippen molar-refractivity contribution in [1.82, 2.24) is 14.9 Å². The number of nitrogens with zero attached hydrogens (tertiary/aromatic N) is 2. The third kappa shape index (κ3) is 3.06. The van der Waals surface area contributed by atoms with Crippen molar-refractivity contribution >= 4 is 5.91 Å². The number of aryl methyl sites for hydroxylation is 1. The molecule has 0 aliphatic heterocycles. The number of amides is 1. The molecule has 1 unspecified atom stereocenters. The minimum atomic E-state index is -0.412. The average molecular weight is 236 g/mol. The Balaban J connectivity index is 2.06. The van der Waals surface area contributed by atoms with Crippen molar-refractivity contribution in [1.29, 1.82) is 0 Å². The molecular weight excluding hydrogens is 216 g/mol. The van der Waals surface area contributed by atoms with E-state index in [1.54, 1.807) is 12.5 Å². The van der Waals surface area contributed by atoms with Crippen molar-refractivity contribution in [3.8, 4) is 0 Å². The fourth-order valence-corrected chi connectivity index (χ4v) is 1.96. The lowest BCUT2D eigenvalue weighted by atomic mass is 10.2. The smallest absolute Gasteiger partial charge is 0.240 e. The summed E-state index contributed by atoms with van der Waals surface area (Å²) in [5, 5.41) is 3.25. The number of nitrogens with two attached hydrogens (primary N) is 1. The normalized spacial score (nSPS) is 17.0. The Bertz CT molecular complexity index is 384. The zero-order chi connectivity index (χ0) is 12.3. The molecule has 94 valence electrons.